The van der Waals surface area contributed by atoms with Crippen molar-refractivity contribution in [3.63, 3.8) is 0 Å². The molecule has 0 unspecified atom stereocenters. The largest absolute Gasteiger partial charge is 0.491 e. The molecular weight excluding hydrogens is 246 g/mol. The van der Waals surface area contributed by atoms with Crippen molar-refractivity contribution < 1.29 is 4.74 Å². The molecule has 1 aliphatic carbocycles. The molecule has 0 bridgehead atoms. The smallest absolute Gasteiger partial charge is 0.142 e. The van der Waals surface area contributed by atoms with Gasteiger partial charge >= 0.3 is 0 Å². The Kier molecular flexibility index (Phi) is 3.91. The third-order valence-electron chi connectivity index (χ3n) is 3.76. The Balaban J connectivity index is 1.70. The third-order valence-corrected chi connectivity index (χ3v) is 3.76. The van der Waals surface area contributed by atoms with Gasteiger partial charge in [-0.15, -0.1) is 0 Å². The number of nitrogens with one attached hydrogen (secondary N) is 1. The van der Waals surface area contributed by atoms with Gasteiger partial charge in [-0.2, -0.15) is 0 Å². The lowest BCUT2D eigenvalue weighted by Crippen LogP contribution is -2.20. The van der Waals surface area contributed by atoms with E-state index in [2.05, 4.69) is 48.6 Å². The summed E-state index contributed by atoms with van der Waals surface area (Å²) in [4.78, 5) is 0. The van der Waals surface area contributed by atoms with Crippen LogP contribution in [0.2, 0.25) is 0 Å². The second-order valence-electron chi connectivity index (χ2n) is 5.36. The number of rotatable bonds is 5. The number of fused-ring (bicyclic) bond motifs is 1. The fourth-order valence-electron chi connectivity index (χ4n) is 2.80. The Morgan fingerprint density at radius 2 is 1.65 bits per heavy atom. The molecule has 0 atom stereocenters. The molecule has 3 rings (SSSR count). The molecule has 0 spiro atoms. The van der Waals surface area contributed by atoms with Gasteiger partial charge < -0.3 is 10.1 Å². The molecule has 1 aliphatic rings. The van der Waals surface area contributed by atoms with Crippen molar-refractivity contribution in [2.45, 2.75) is 32.2 Å². The summed E-state index contributed by atoms with van der Waals surface area (Å²) >= 11 is 0. The van der Waals surface area contributed by atoms with Crippen molar-refractivity contribution in [3.05, 3.63) is 59.7 Å². The van der Waals surface area contributed by atoms with Gasteiger partial charge in [-0.3, -0.25) is 0 Å². The molecule has 2 nitrogen and oxygen atoms in total. The van der Waals surface area contributed by atoms with Gasteiger partial charge in [0.1, 0.15) is 5.75 Å². The number of para-hydroxylation sites is 2. The number of hydrogen-bond donors (Lipinski definition) is 1. The highest BCUT2D eigenvalue weighted by atomic mass is 16.5. The van der Waals surface area contributed by atoms with Gasteiger partial charge in [0.15, 0.2) is 0 Å². The number of ether oxygens (including phenoxy) is 1. The first-order chi connectivity index (χ1) is 9.86. The monoisotopic (exact) mass is 267 g/mol. The Labute approximate surface area is 120 Å². The van der Waals surface area contributed by atoms with Crippen molar-refractivity contribution in [1.29, 1.82) is 0 Å². The second-order valence-corrected chi connectivity index (χ2v) is 5.36. The molecule has 0 aromatic heterocycles. The van der Waals surface area contributed by atoms with Crippen LogP contribution in [0, 0.1) is 0 Å². The highest BCUT2D eigenvalue weighted by molar-refractivity contribution is 5.57. The summed E-state index contributed by atoms with van der Waals surface area (Å²) in [6.45, 7) is 2.90. The van der Waals surface area contributed by atoms with E-state index in [-0.39, 0.29) is 0 Å². The highest BCUT2D eigenvalue weighted by Crippen LogP contribution is 2.29. The van der Waals surface area contributed by atoms with E-state index in [0.717, 1.165) is 37.3 Å². The van der Waals surface area contributed by atoms with Gasteiger partial charge in [-0.1, -0.05) is 43.3 Å². The van der Waals surface area contributed by atoms with Crippen molar-refractivity contribution >= 4 is 5.69 Å². The van der Waals surface area contributed by atoms with Crippen LogP contribution in [0.4, 0.5) is 5.69 Å². The average Bonchev–Trinajstić information content (AvgIpc) is 2.88. The van der Waals surface area contributed by atoms with Crippen LogP contribution in [-0.4, -0.2) is 12.6 Å². The SMILES string of the molecule is CCCOc1ccccc1NC1Cc2ccccc2C1. The molecule has 0 aliphatic heterocycles. The predicted octanol–water partition coefficient (Wildman–Crippen LogP) is 4.05. The molecule has 20 heavy (non-hydrogen) atoms. The summed E-state index contributed by atoms with van der Waals surface area (Å²) in [5, 5.41) is 3.64. The fraction of sp³-hybridized carbons (Fsp3) is 0.333. The minimum Gasteiger partial charge on any atom is -0.491 e. The molecule has 0 amide bonds. The Morgan fingerprint density at radius 1 is 1.00 bits per heavy atom. The molecule has 0 fully saturated rings. The van der Waals surface area contributed by atoms with E-state index in [1.165, 1.54) is 11.1 Å². The molecule has 104 valence electrons. The van der Waals surface area contributed by atoms with Gasteiger partial charge in [0, 0.05) is 6.04 Å². The van der Waals surface area contributed by atoms with Crippen LogP contribution in [0.25, 0.3) is 0 Å². The van der Waals surface area contributed by atoms with Crippen LogP contribution in [0.3, 0.4) is 0 Å². The second kappa shape index (κ2) is 6.00. The van der Waals surface area contributed by atoms with Crippen LogP contribution >= 0.6 is 0 Å². The molecular formula is C18H21NO. The first-order valence-electron chi connectivity index (χ1n) is 7.42. The quantitative estimate of drug-likeness (QED) is 0.882. The van der Waals surface area contributed by atoms with Gasteiger partial charge in [-0.25, -0.2) is 0 Å². The number of hydrogen-bond acceptors (Lipinski definition) is 2. The van der Waals surface area contributed by atoms with Gasteiger partial charge in [0.25, 0.3) is 0 Å². The van der Waals surface area contributed by atoms with E-state index >= 15 is 0 Å². The zero-order chi connectivity index (χ0) is 13.8. The van der Waals surface area contributed by atoms with Crippen molar-refractivity contribution in [2.75, 3.05) is 11.9 Å². The van der Waals surface area contributed by atoms with Crippen molar-refractivity contribution in [1.82, 2.24) is 0 Å². The Bertz CT molecular complexity index is 554. The number of anilines is 1. The first kappa shape index (κ1) is 13.0. The summed E-state index contributed by atoms with van der Waals surface area (Å²) in [7, 11) is 0. The maximum atomic E-state index is 5.81. The molecule has 2 heteroatoms. The maximum Gasteiger partial charge on any atom is 0.142 e. The zero-order valence-electron chi connectivity index (χ0n) is 11.9. The van der Waals surface area contributed by atoms with Gasteiger partial charge in [0.05, 0.1) is 12.3 Å². The summed E-state index contributed by atoms with van der Waals surface area (Å²) in [6.07, 6.45) is 3.22. The minimum atomic E-state index is 0.471. The molecule has 0 saturated heterocycles. The maximum absolute atomic E-state index is 5.81. The molecule has 2 aromatic carbocycles. The summed E-state index contributed by atoms with van der Waals surface area (Å²) in [5.74, 6) is 0.963. The van der Waals surface area contributed by atoms with E-state index in [1.54, 1.807) is 0 Å². The lowest BCUT2D eigenvalue weighted by atomic mass is 10.1. The number of benzene rings is 2. The molecule has 0 radical (unpaired) electrons. The summed E-state index contributed by atoms with van der Waals surface area (Å²) in [5.41, 5.74) is 4.05. The zero-order valence-corrected chi connectivity index (χ0v) is 11.9. The van der Waals surface area contributed by atoms with Crippen LogP contribution in [-0.2, 0) is 12.8 Å². The average molecular weight is 267 g/mol. The topological polar surface area (TPSA) is 21.3 Å². The molecule has 0 heterocycles. The van der Waals surface area contributed by atoms with E-state index in [4.69, 9.17) is 4.74 Å². The van der Waals surface area contributed by atoms with Crippen LogP contribution in [0.1, 0.15) is 24.5 Å². The van der Waals surface area contributed by atoms with E-state index in [1.807, 2.05) is 12.1 Å². The standard InChI is InChI=1S/C18H21NO/c1-2-11-20-18-10-6-5-9-17(18)19-16-12-14-7-3-4-8-15(14)13-16/h3-10,16,19H,2,11-13H2,1H3. The molecule has 2 aromatic rings. The van der Waals surface area contributed by atoms with Gasteiger partial charge in [-0.05, 0) is 42.5 Å². The van der Waals surface area contributed by atoms with Crippen LogP contribution < -0.4 is 10.1 Å². The predicted molar refractivity (Wildman–Crippen MR) is 83.5 cm³/mol. The first-order valence-corrected chi connectivity index (χ1v) is 7.42. The van der Waals surface area contributed by atoms with Crippen LogP contribution in [0.5, 0.6) is 5.75 Å². The Hall–Kier alpha value is -1.96. The van der Waals surface area contributed by atoms with E-state index < -0.39 is 0 Å². The summed E-state index contributed by atoms with van der Waals surface area (Å²) < 4.78 is 5.81. The highest BCUT2D eigenvalue weighted by Gasteiger charge is 2.21. The van der Waals surface area contributed by atoms with Crippen LogP contribution in [0.15, 0.2) is 48.5 Å². The van der Waals surface area contributed by atoms with Crippen molar-refractivity contribution in [3.8, 4) is 5.75 Å². The lowest BCUT2D eigenvalue weighted by Gasteiger charge is -2.17. The van der Waals surface area contributed by atoms with E-state index in [9.17, 15) is 0 Å². The third kappa shape index (κ3) is 2.79. The van der Waals surface area contributed by atoms with Crippen molar-refractivity contribution in [2.24, 2.45) is 0 Å². The Morgan fingerprint density at radius 3 is 2.35 bits per heavy atom. The van der Waals surface area contributed by atoms with E-state index in [0.29, 0.717) is 6.04 Å². The summed E-state index contributed by atoms with van der Waals surface area (Å²) in [6, 6.07) is 17.4. The normalized spacial score (nSPS) is 14.1. The molecule has 1 N–H and O–H groups in total. The fourth-order valence-corrected chi connectivity index (χ4v) is 2.80. The lowest BCUT2D eigenvalue weighted by molar-refractivity contribution is 0.318. The van der Waals surface area contributed by atoms with Gasteiger partial charge in [0.2, 0.25) is 0 Å². The minimum absolute atomic E-state index is 0.471. The molecule has 0 saturated carbocycles.